The van der Waals surface area contributed by atoms with Gasteiger partial charge in [0, 0.05) is 10.9 Å². The fraction of sp³-hybridized carbons (Fsp3) is 0.158. The molecule has 3 rings (SSSR count). The van der Waals surface area contributed by atoms with Crippen molar-refractivity contribution in [3.8, 4) is 17.0 Å². The summed E-state index contributed by atoms with van der Waals surface area (Å²) in [6, 6.07) is 14.7. The second kappa shape index (κ2) is 6.08. The summed E-state index contributed by atoms with van der Waals surface area (Å²) in [5, 5.41) is 10.2. The number of benzene rings is 2. The number of carbonyl (C=O) groups is 1. The lowest BCUT2D eigenvalue weighted by Crippen LogP contribution is -2.01. The third-order valence-electron chi connectivity index (χ3n) is 3.92. The molecule has 23 heavy (non-hydrogen) atoms. The van der Waals surface area contributed by atoms with Crippen LogP contribution >= 0.6 is 0 Å². The van der Waals surface area contributed by atoms with Crippen molar-refractivity contribution in [2.75, 3.05) is 7.11 Å². The molecule has 0 saturated carbocycles. The lowest BCUT2D eigenvalue weighted by atomic mass is 10.0. The summed E-state index contributed by atoms with van der Waals surface area (Å²) in [7, 11) is 1.61. The Balaban J connectivity index is 2.26. The van der Waals surface area contributed by atoms with Gasteiger partial charge in [0.1, 0.15) is 5.75 Å². The first-order valence-electron chi connectivity index (χ1n) is 7.44. The van der Waals surface area contributed by atoms with Crippen LogP contribution in [0.4, 0.5) is 0 Å². The Morgan fingerprint density at radius 3 is 2.52 bits per heavy atom. The number of ether oxygens (including phenoxy) is 1. The monoisotopic (exact) mass is 307 g/mol. The summed E-state index contributed by atoms with van der Waals surface area (Å²) in [6.07, 6.45) is 0.801. The molecule has 0 fully saturated rings. The van der Waals surface area contributed by atoms with Gasteiger partial charge in [-0.2, -0.15) is 0 Å². The molecule has 0 amide bonds. The number of para-hydroxylation sites is 1. The number of hydrogen-bond donors (Lipinski definition) is 1. The predicted octanol–water partition coefficient (Wildman–Crippen LogP) is 4.17. The minimum atomic E-state index is -0.944. The van der Waals surface area contributed by atoms with Crippen molar-refractivity contribution in [2.24, 2.45) is 0 Å². The summed E-state index contributed by atoms with van der Waals surface area (Å²) in [6.45, 7) is 2.04. The molecule has 1 N–H and O–H groups in total. The highest BCUT2D eigenvalue weighted by molar-refractivity contribution is 6.04. The molecule has 3 aromatic rings. The maximum atomic E-state index is 11.7. The molecule has 0 spiro atoms. The SMILES string of the molecule is CCc1cccc2c(C(=O)O)cc(-c3ccc(OC)cc3)nc12. The van der Waals surface area contributed by atoms with Gasteiger partial charge >= 0.3 is 5.97 Å². The van der Waals surface area contributed by atoms with Crippen LogP contribution in [0.25, 0.3) is 22.2 Å². The van der Waals surface area contributed by atoms with E-state index in [1.807, 2.05) is 49.4 Å². The largest absolute Gasteiger partial charge is 0.497 e. The summed E-state index contributed by atoms with van der Waals surface area (Å²) < 4.78 is 5.16. The van der Waals surface area contributed by atoms with Crippen LogP contribution in [0, 0.1) is 0 Å². The number of rotatable bonds is 4. The highest BCUT2D eigenvalue weighted by Gasteiger charge is 2.14. The normalized spacial score (nSPS) is 10.7. The molecule has 0 unspecified atom stereocenters. The van der Waals surface area contributed by atoms with E-state index in [1.165, 1.54) is 0 Å². The number of carboxylic acid groups (broad SMARTS) is 1. The van der Waals surface area contributed by atoms with Crippen molar-refractivity contribution in [1.82, 2.24) is 4.98 Å². The molecular formula is C19H17NO3. The van der Waals surface area contributed by atoms with Crippen molar-refractivity contribution in [2.45, 2.75) is 13.3 Å². The van der Waals surface area contributed by atoms with Gasteiger partial charge in [0.25, 0.3) is 0 Å². The van der Waals surface area contributed by atoms with E-state index in [4.69, 9.17) is 9.72 Å². The van der Waals surface area contributed by atoms with Crippen molar-refractivity contribution >= 4 is 16.9 Å². The van der Waals surface area contributed by atoms with E-state index in [1.54, 1.807) is 13.2 Å². The van der Waals surface area contributed by atoms with E-state index in [0.29, 0.717) is 11.1 Å². The lowest BCUT2D eigenvalue weighted by Gasteiger charge is -2.10. The minimum Gasteiger partial charge on any atom is -0.497 e. The van der Waals surface area contributed by atoms with Crippen molar-refractivity contribution in [3.05, 3.63) is 59.7 Å². The fourth-order valence-electron chi connectivity index (χ4n) is 2.68. The maximum absolute atomic E-state index is 11.7. The van der Waals surface area contributed by atoms with Crippen LogP contribution in [-0.4, -0.2) is 23.2 Å². The third kappa shape index (κ3) is 2.75. The molecule has 0 aliphatic carbocycles. The minimum absolute atomic E-state index is 0.274. The maximum Gasteiger partial charge on any atom is 0.336 e. The van der Waals surface area contributed by atoms with Crippen molar-refractivity contribution < 1.29 is 14.6 Å². The van der Waals surface area contributed by atoms with Crippen LogP contribution < -0.4 is 4.74 Å². The highest BCUT2D eigenvalue weighted by Crippen LogP contribution is 2.28. The second-order valence-corrected chi connectivity index (χ2v) is 5.26. The number of aryl methyl sites for hydroxylation is 1. The quantitative estimate of drug-likeness (QED) is 0.786. The molecule has 0 aliphatic rings. The zero-order valence-corrected chi connectivity index (χ0v) is 13.0. The van der Waals surface area contributed by atoms with Crippen LogP contribution in [-0.2, 0) is 6.42 Å². The average Bonchev–Trinajstić information content (AvgIpc) is 2.60. The molecule has 0 radical (unpaired) electrons. The highest BCUT2D eigenvalue weighted by atomic mass is 16.5. The van der Waals surface area contributed by atoms with Crippen LogP contribution in [0.3, 0.4) is 0 Å². The van der Waals surface area contributed by atoms with Gasteiger partial charge in [-0.3, -0.25) is 0 Å². The first-order chi connectivity index (χ1) is 11.1. The molecule has 4 heteroatoms. The molecule has 1 heterocycles. The Morgan fingerprint density at radius 1 is 1.17 bits per heavy atom. The molecule has 116 valence electrons. The van der Waals surface area contributed by atoms with Gasteiger partial charge in [0.15, 0.2) is 0 Å². The van der Waals surface area contributed by atoms with Crippen LogP contribution in [0.15, 0.2) is 48.5 Å². The standard InChI is InChI=1S/C19H17NO3/c1-3-12-5-4-6-15-16(19(21)22)11-17(20-18(12)15)13-7-9-14(23-2)10-8-13/h4-11H,3H2,1-2H3,(H,21,22). The Bertz CT molecular complexity index is 870. The predicted molar refractivity (Wildman–Crippen MR) is 90.1 cm³/mol. The average molecular weight is 307 g/mol. The topological polar surface area (TPSA) is 59.4 Å². The third-order valence-corrected chi connectivity index (χ3v) is 3.92. The Hall–Kier alpha value is -2.88. The van der Waals surface area contributed by atoms with Crippen LogP contribution in [0.2, 0.25) is 0 Å². The number of hydrogen-bond acceptors (Lipinski definition) is 3. The van der Waals surface area contributed by atoms with E-state index in [9.17, 15) is 9.90 Å². The summed E-state index contributed by atoms with van der Waals surface area (Å²) >= 11 is 0. The Labute approximate surface area is 134 Å². The number of aromatic nitrogens is 1. The molecular weight excluding hydrogens is 290 g/mol. The molecule has 0 bridgehead atoms. The second-order valence-electron chi connectivity index (χ2n) is 5.26. The van der Waals surface area contributed by atoms with Gasteiger partial charge < -0.3 is 9.84 Å². The molecule has 4 nitrogen and oxygen atoms in total. The number of carboxylic acids is 1. The van der Waals surface area contributed by atoms with Crippen molar-refractivity contribution in [1.29, 1.82) is 0 Å². The first kappa shape index (κ1) is 15.0. The number of fused-ring (bicyclic) bond motifs is 1. The van der Waals surface area contributed by atoms with Gasteiger partial charge in [0.05, 0.1) is 23.9 Å². The van der Waals surface area contributed by atoms with Gasteiger partial charge in [-0.1, -0.05) is 25.1 Å². The van der Waals surface area contributed by atoms with Crippen LogP contribution in [0.1, 0.15) is 22.8 Å². The van der Waals surface area contributed by atoms with E-state index >= 15 is 0 Å². The van der Waals surface area contributed by atoms with E-state index in [0.717, 1.165) is 28.8 Å². The van der Waals surface area contributed by atoms with Crippen molar-refractivity contribution in [3.63, 3.8) is 0 Å². The molecule has 0 atom stereocenters. The van der Waals surface area contributed by atoms with E-state index in [2.05, 4.69) is 0 Å². The molecule has 0 aliphatic heterocycles. The smallest absolute Gasteiger partial charge is 0.336 e. The van der Waals surface area contributed by atoms with Crippen LogP contribution in [0.5, 0.6) is 5.75 Å². The summed E-state index contributed by atoms with van der Waals surface area (Å²) in [5.74, 6) is -0.192. The summed E-state index contributed by atoms with van der Waals surface area (Å²) in [4.78, 5) is 16.4. The number of methoxy groups -OCH3 is 1. The Morgan fingerprint density at radius 2 is 1.91 bits per heavy atom. The molecule has 1 aromatic heterocycles. The fourth-order valence-corrected chi connectivity index (χ4v) is 2.68. The van der Waals surface area contributed by atoms with E-state index < -0.39 is 5.97 Å². The zero-order valence-electron chi connectivity index (χ0n) is 13.0. The Kier molecular flexibility index (Phi) is 3.98. The number of aromatic carboxylic acids is 1. The molecule has 2 aromatic carbocycles. The zero-order chi connectivity index (χ0) is 16.4. The molecule has 0 saturated heterocycles. The van der Waals surface area contributed by atoms with E-state index in [-0.39, 0.29) is 5.56 Å². The van der Waals surface area contributed by atoms with Gasteiger partial charge in [-0.05, 0) is 42.3 Å². The van der Waals surface area contributed by atoms with Gasteiger partial charge in [-0.25, -0.2) is 9.78 Å². The summed E-state index contributed by atoms with van der Waals surface area (Å²) in [5.41, 5.74) is 3.58. The van der Waals surface area contributed by atoms with Gasteiger partial charge in [0.2, 0.25) is 0 Å². The van der Waals surface area contributed by atoms with Gasteiger partial charge in [-0.15, -0.1) is 0 Å². The lowest BCUT2D eigenvalue weighted by molar-refractivity contribution is 0.0699. The first-order valence-corrected chi connectivity index (χ1v) is 7.44. The number of pyridine rings is 1. The number of nitrogens with zero attached hydrogens (tertiary/aromatic N) is 1.